The lowest BCUT2D eigenvalue weighted by Gasteiger charge is -2.07. The maximum atomic E-state index is 10.8. The quantitative estimate of drug-likeness (QED) is 0.539. The van der Waals surface area contributed by atoms with E-state index in [0.29, 0.717) is 13.0 Å². The molecule has 0 saturated carbocycles. The van der Waals surface area contributed by atoms with Crippen molar-refractivity contribution in [1.82, 2.24) is 5.48 Å². The zero-order valence-electron chi connectivity index (χ0n) is 6.39. The molecule has 1 atom stereocenters. The first-order valence-electron chi connectivity index (χ1n) is 3.39. The fourth-order valence-electron chi connectivity index (χ4n) is 0.404. The highest BCUT2D eigenvalue weighted by Crippen LogP contribution is 1.84. The highest BCUT2D eigenvalue weighted by molar-refractivity contribution is 5.80. The van der Waals surface area contributed by atoms with E-state index in [0.717, 1.165) is 0 Å². The summed E-state index contributed by atoms with van der Waals surface area (Å²) in [5, 5.41) is 0. The van der Waals surface area contributed by atoms with Crippen LogP contribution < -0.4 is 11.2 Å². The highest BCUT2D eigenvalue weighted by atomic mass is 16.6. The fourth-order valence-corrected chi connectivity index (χ4v) is 0.404. The summed E-state index contributed by atoms with van der Waals surface area (Å²) in [4.78, 5) is 15.4. The maximum absolute atomic E-state index is 10.8. The minimum Gasteiger partial charge on any atom is -0.320 e. The highest BCUT2D eigenvalue weighted by Gasteiger charge is 2.09. The van der Waals surface area contributed by atoms with E-state index in [-0.39, 0.29) is 5.91 Å². The first-order chi connectivity index (χ1) is 4.72. The van der Waals surface area contributed by atoms with E-state index in [4.69, 9.17) is 5.73 Å². The van der Waals surface area contributed by atoms with Crippen molar-refractivity contribution in [3.05, 3.63) is 0 Å². The van der Waals surface area contributed by atoms with Crippen molar-refractivity contribution in [2.24, 2.45) is 5.73 Å². The zero-order chi connectivity index (χ0) is 7.98. The second-order valence-electron chi connectivity index (χ2n) is 1.91. The number of nitrogens with two attached hydrogens (primary N) is 1. The number of amides is 1. The van der Waals surface area contributed by atoms with Gasteiger partial charge >= 0.3 is 0 Å². The Morgan fingerprint density at radius 1 is 1.70 bits per heavy atom. The lowest BCUT2D eigenvalue weighted by Crippen LogP contribution is -2.39. The average molecular weight is 146 g/mol. The van der Waals surface area contributed by atoms with Gasteiger partial charge in [-0.25, -0.2) is 5.48 Å². The van der Waals surface area contributed by atoms with E-state index in [1.807, 2.05) is 6.92 Å². The van der Waals surface area contributed by atoms with E-state index in [1.54, 1.807) is 6.92 Å². The summed E-state index contributed by atoms with van der Waals surface area (Å²) >= 11 is 0. The molecule has 4 nitrogen and oxygen atoms in total. The summed E-state index contributed by atoms with van der Waals surface area (Å²) in [6, 6.07) is -0.452. The molecule has 0 rings (SSSR count). The van der Waals surface area contributed by atoms with Crippen molar-refractivity contribution in [3.63, 3.8) is 0 Å². The van der Waals surface area contributed by atoms with Gasteiger partial charge < -0.3 is 5.73 Å². The lowest BCUT2D eigenvalue weighted by molar-refractivity contribution is -0.134. The third-order valence-electron chi connectivity index (χ3n) is 1.09. The number of hydrogen-bond acceptors (Lipinski definition) is 3. The molecule has 0 fully saturated rings. The van der Waals surface area contributed by atoms with Crippen LogP contribution in [0.5, 0.6) is 0 Å². The standard InChI is InChI=1S/C6H14N2O2/c1-3-5(7)6(9)8-10-4-2/h5H,3-4,7H2,1-2H3,(H,8,9)/t5-/m1/s1. The Morgan fingerprint density at radius 3 is 2.70 bits per heavy atom. The summed E-state index contributed by atoms with van der Waals surface area (Å²) in [7, 11) is 0. The second kappa shape index (κ2) is 5.20. The molecule has 3 N–H and O–H groups in total. The van der Waals surface area contributed by atoms with Crippen LogP contribution >= 0.6 is 0 Å². The number of hydrogen-bond donors (Lipinski definition) is 2. The van der Waals surface area contributed by atoms with Crippen LogP contribution in [0, 0.1) is 0 Å². The summed E-state index contributed by atoms with van der Waals surface area (Å²) in [5.41, 5.74) is 7.58. The van der Waals surface area contributed by atoms with Crippen molar-refractivity contribution >= 4 is 5.91 Å². The number of carbonyl (C=O) groups is 1. The molecule has 0 aliphatic heterocycles. The van der Waals surface area contributed by atoms with Gasteiger partial charge in [-0.1, -0.05) is 6.92 Å². The summed E-state index contributed by atoms with van der Waals surface area (Å²) < 4.78 is 0. The Hall–Kier alpha value is -0.610. The van der Waals surface area contributed by atoms with Gasteiger partial charge in [0.05, 0.1) is 12.6 Å². The third kappa shape index (κ3) is 3.42. The van der Waals surface area contributed by atoms with Crippen LogP contribution in [0.25, 0.3) is 0 Å². The van der Waals surface area contributed by atoms with Gasteiger partial charge in [-0.3, -0.25) is 9.63 Å². The Bertz CT molecular complexity index is 106. The molecule has 0 bridgehead atoms. The molecule has 0 spiro atoms. The molecule has 0 heterocycles. The molecular formula is C6H14N2O2. The van der Waals surface area contributed by atoms with Crippen molar-refractivity contribution in [1.29, 1.82) is 0 Å². The Balaban J connectivity index is 3.42. The van der Waals surface area contributed by atoms with Crippen molar-refractivity contribution in [2.45, 2.75) is 26.3 Å². The summed E-state index contributed by atoms with van der Waals surface area (Å²) in [6.45, 7) is 4.09. The third-order valence-corrected chi connectivity index (χ3v) is 1.09. The molecule has 0 aromatic carbocycles. The van der Waals surface area contributed by atoms with Crippen LogP contribution in [0.1, 0.15) is 20.3 Å². The first-order valence-corrected chi connectivity index (χ1v) is 3.39. The zero-order valence-corrected chi connectivity index (χ0v) is 6.39. The molecule has 0 unspecified atom stereocenters. The van der Waals surface area contributed by atoms with Crippen molar-refractivity contribution in [3.8, 4) is 0 Å². The van der Waals surface area contributed by atoms with Crippen LogP contribution in [0.15, 0.2) is 0 Å². The second-order valence-corrected chi connectivity index (χ2v) is 1.91. The van der Waals surface area contributed by atoms with Crippen LogP contribution in [0.3, 0.4) is 0 Å². The van der Waals surface area contributed by atoms with Crippen LogP contribution in [0.4, 0.5) is 0 Å². The maximum Gasteiger partial charge on any atom is 0.260 e. The van der Waals surface area contributed by atoms with Gasteiger partial charge in [0.25, 0.3) is 5.91 Å². The molecule has 1 amide bonds. The van der Waals surface area contributed by atoms with E-state index in [9.17, 15) is 4.79 Å². The van der Waals surface area contributed by atoms with Gasteiger partial charge in [0.1, 0.15) is 0 Å². The number of rotatable bonds is 4. The average Bonchev–Trinajstić information content (AvgIpc) is 1.98. The van der Waals surface area contributed by atoms with Crippen LogP contribution in [-0.4, -0.2) is 18.6 Å². The Labute approximate surface area is 60.7 Å². The smallest absolute Gasteiger partial charge is 0.260 e. The predicted molar refractivity (Wildman–Crippen MR) is 38.0 cm³/mol. The summed E-state index contributed by atoms with van der Waals surface area (Å²) in [6.07, 6.45) is 0.624. The topological polar surface area (TPSA) is 64.3 Å². The SMILES string of the molecule is CCONC(=O)[C@H](N)CC. The van der Waals surface area contributed by atoms with E-state index in [1.165, 1.54) is 0 Å². The van der Waals surface area contributed by atoms with Crippen LogP contribution in [-0.2, 0) is 9.63 Å². The largest absolute Gasteiger partial charge is 0.320 e. The molecule has 0 saturated heterocycles. The molecule has 10 heavy (non-hydrogen) atoms. The minimum atomic E-state index is -0.452. The van der Waals surface area contributed by atoms with Gasteiger partial charge in [0.2, 0.25) is 0 Å². The van der Waals surface area contributed by atoms with E-state index < -0.39 is 6.04 Å². The van der Waals surface area contributed by atoms with Gasteiger partial charge in [-0.2, -0.15) is 0 Å². The normalized spacial score (nSPS) is 12.7. The van der Waals surface area contributed by atoms with Gasteiger partial charge in [-0.05, 0) is 13.3 Å². The van der Waals surface area contributed by atoms with Crippen molar-refractivity contribution < 1.29 is 9.63 Å². The monoisotopic (exact) mass is 146 g/mol. The van der Waals surface area contributed by atoms with Crippen LogP contribution in [0.2, 0.25) is 0 Å². The van der Waals surface area contributed by atoms with Crippen molar-refractivity contribution in [2.75, 3.05) is 6.61 Å². The van der Waals surface area contributed by atoms with E-state index in [2.05, 4.69) is 10.3 Å². The number of hydroxylamine groups is 1. The Morgan fingerprint density at radius 2 is 2.30 bits per heavy atom. The molecule has 0 aromatic rings. The summed E-state index contributed by atoms with van der Waals surface area (Å²) in [5.74, 6) is -0.260. The molecule has 0 aromatic heterocycles. The molecule has 60 valence electrons. The molecule has 0 radical (unpaired) electrons. The number of nitrogens with one attached hydrogen (secondary N) is 1. The fraction of sp³-hybridized carbons (Fsp3) is 0.833. The molecule has 0 aliphatic rings. The van der Waals surface area contributed by atoms with Gasteiger partial charge in [0, 0.05) is 0 Å². The Kier molecular flexibility index (Phi) is 4.88. The molecular weight excluding hydrogens is 132 g/mol. The van der Waals surface area contributed by atoms with Gasteiger partial charge in [0.15, 0.2) is 0 Å². The van der Waals surface area contributed by atoms with Gasteiger partial charge in [-0.15, -0.1) is 0 Å². The number of carbonyl (C=O) groups excluding carboxylic acids is 1. The molecule has 4 heteroatoms. The lowest BCUT2D eigenvalue weighted by atomic mass is 10.2. The minimum absolute atomic E-state index is 0.260. The predicted octanol–water partition coefficient (Wildman–Crippen LogP) is -0.209. The first kappa shape index (κ1) is 9.39. The van der Waals surface area contributed by atoms with E-state index >= 15 is 0 Å². The molecule has 0 aliphatic carbocycles.